The smallest absolute Gasteiger partial charge is 0.186 e. The Kier molecular flexibility index (Phi) is 12.1. The van der Waals surface area contributed by atoms with Crippen LogP contribution in [0.15, 0.2) is 48.5 Å². The Morgan fingerprint density at radius 3 is 1.81 bits per heavy atom. The molecule has 1 unspecified atom stereocenters. The van der Waals surface area contributed by atoms with E-state index in [1.165, 1.54) is 6.92 Å². The molecule has 12 nitrogen and oxygen atoms in total. The molecule has 0 amide bonds. The van der Waals surface area contributed by atoms with E-state index < -0.39 is 67.5 Å². The number of hydrogen-bond donors (Lipinski definition) is 8. The largest absolute Gasteiger partial charge is 0.508 e. The van der Waals surface area contributed by atoms with Crippen LogP contribution < -0.4 is 0 Å². The number of aryl methyl sites for hydroxylation is 2. The summed E-state index contributed by atoms with van der Waals surface area (Å²) in [5.74, 6) is 0.374. The molecule has 0 aromatic heterocycles. The quantitative estimate of drug-likeness (QED) is 0.147. The number of unbranched alkanes of at least 4 members (excludes halogenated alkanes) is 1. The predicted molar refractivity (Wildman–Crippen MR) is 152 cm³/mol. The Balaban J connectivity index is 1.37. The summed E-state index contributed by atoms with van der Waals surface area (Å²) < 4.78 is 23.0. The number of aliphatic hydroxyl groups excluding tert-OH is 6. The lowest BCUT2D eigenvalue weighted by Gasteiger charge is -2.43. The summed E-state index contributed by atoms with van der Waals surface area (Å²) in [5, 5.41) is 81.2. The topological polar surface area (TPSA) is 199 Å². The summed E-state index contributed by atoms with van der Waals surface area (Å²) in [5.41, 5.74) is 2.07. The van der Waals surface area contributed by atoms with Gasteiger partial charge in [0, 0.05) is 0 Å². The normalized spacial score (nSPS) is 33.7. The Morgan fingerprint density at radius 1 is 0.628 bits per heavy atom. The SMILES string of the molecule is C[C@@H]1O[C@@H](OC[C@H]2O[C@@H](OC(CCCCc3ccc(O)cc3)CCc3ccc(O)cc3)[C@H](O)[C@@H](O)[C@@H]2O)[C@H](O)[C@H](O)[C@H]1O. The minimum absolute atomic E-state index is 0.164. The van der Waals surface area contributed by atoms with Crippen molar-refractivity contribution in [3.8, 4) is 11.5 Å². The van der Waals surface area contributed by atoms with Gasteiger partial charge in [-0.1, -0.05) is 30.7 Å². The van der Waals surface area contributed by atoms with Gasteiger partial charge in [0.15, 0.2) is 12.6 Å². The Morgan fingerprint density at radius 2 is 1.19 bits per heavy atom. The molecule has 2 aliphatic heterocycles. The number of ether oxygens (including phenoxy) is 4. The van der Waals surface area contributed by atoms with Crippen molar-refractivity contribution < 1.29 is 59.8 Å². The number of phenolic OH excluding ortho intramolecular Hbond substituents is 2. The molecule has 12 heteroatoms. The highest BCUT2D eigenvalue weighted by molar-refractivity contribution is 5.26. The second-order valence-corrected chi connectivity index (χ2v) is 11.4. The summed E-state index contributed by atoms with van der Waals surface area (Å²) >= 11 is 0. The van der Waals surface area contributed by atoms with E-state index in [0.717, 1.165) is 30.4 Å². The predicted octanol–water partition coefficient (Wildman–Crippen LogP) is 0.480. The fourth-order valence-electron chi connectivity index (χ4n) is 5.33. The van der Waals surface area contributed by atoms with Crippen molar-refractivity contribution in [2.45, 2.75) is 113 Å². The third-order valence-corrected chi connectivity index (χ3v) is 8.10. The average molecular weight is 609 g/mol. The van der Waals surface area contributed by atoms with Crippen LogP contribution in [0.2, 0.25) is 0 Å². The van der Waals surface area contributed by atoms with Crippen molar-refractivity contribution in [1.29, 1.82) is 0 Å². The van der Waals surface area contributed by atoms with Crippen LogP contribution in [0.3, 0.4) is 0 Å². The van der Waals surface area contributed by atoms with E-state index in [0.29, 0.717) is 19.3 Å². The first-order valence-corrected chi connectivity index (χ1v) is 14.8. The zero-order valence-corrected chi connectivity index (χ0v) is 24.1. The van der Waals surface area contributed by atoms with E-state index in [1.54, 1.807) is 24.3 Å². The lowest BCUT2D eigenvalue weighted by molar-refractivity contribution is -0.333. The van der Waals surface area contributed by atoms with Crippen molar-refractivity contribution >= 4 is 0 Å². The molecule has 0 saturated carbocycles. The van der Waals surface area contributed by atoms with E-state index in [2.05, 4.69) is 0 Å². The summed E-state index contributed by atoms with van der Waals surface area (Å²) in [6.45, 7) is 1.14. The molecular weight excluding hydrogens is 564 g/mol. The van der Waals surface area contributed by atoms with Crippen molar-refractivity contribution in [2.75, 3.05) is 6.61 Å². The number of aromatic hydroxyl groups is 2. The lowest BCUT2D eigenvalue weighted by Crippen LogP contribution is -2.61. The molecule has 2 heterocycles. The zero-order valence-electron chi connectivity index (χ0n) is 24.1. The van der Waals surface area contributed by atoms with Gasteiger partial charge in [-0.15, -0.1) is 0 Å². The van der Waals surface area contributed by atoms with Crippen molar-refractivity contribution in [2.24, 2.45) is 0 Å². The van der Waals surface area contributed by atoms with E-state index >= 15 is 0 Å². The fourth-order valence-corrected chi connectivity index (χ4v) is 5.33. The standard InChI is InChI=1S/C31H44O12/c1-17-24(34)26(36)28(38)30(41-17)40-16-23-25(35)27(37)29(39)31(43-23)42-22(15-10-19-8-13-21(33)14-9-19)5-3-2-4-18-6-11-20(32)12-7-18/h6-9,11-14,17,22-39H,2-5,10,15-16H2,1H3/t17-,22?,23+,24-,25+,26+,27-,28+,29+,30+,31+/m0/s1. The monoisotopic (exact) mass is 608 g/mol. The van der Waals surface area contributed by atoms with Gasteiger partial charge in [-0.25, -0.2) is 0 Å². The zero-order chi connectivity index (χ0) is 31.1. The van der Waals surface area contributed by atoms with Crippen molar-refractivity contribution in [1.82, 2.24) is 0 Å². The maximum Gasteiger partial charge on any atom is 0.186 e. The van der Waals surface area contributed by atoms with Gasteiger partial charge in [0.05, 0.1) is 18.8 Å². The highest BCUT2D eigenvalue weighted by Gasteiger charge is 2.47. The van der Waals surface area contributed by atoms with Gasteiger partial charge in [-0.2, -0.15) is 0 Å². The van der Waals surface area contributed by atoms with Crippen LogP contribution in [0.25, 0.3) is 0 Å². The molecule has 4 rings (SSSR count). The summed E-state index contributed by atoms with van der Waals surface area (Å²) in [6, 6.07) is 13.9. The molecule has 2 fully saturated rings. The lowest BCUT2D eigenvalue weighted by atomic mass is 9.98. The third-order valence-electron chi connectivity index (χ3n) is 8.10. The van der Waals surface area contributed by atoms with Gasteiger partial charge in [-0.05, 0) is 74.4 Å². The molecule has 2 saturated heterocycles. The van der Waals surface area contributed by atoms with Crippen LogP contribution >= 0.6 is 0 Å². The van der Waals surface area contributed by atoms with Crippen LogP contribution in [0.4, 0.5) is 0 Å². The molecule has 240 valence electrons. The third kappa shape index (κ3) is 9.08. The second-order valence-electron chi connectivity index (χ2n) is 11.4. The fraction of sp³-hybridized carbons (Fsp3) is 0.613. The van der Waals surface area contributed by atoms with Crippen LogP contribution in [0.5, 0.6) is 11.5 Å². The molecule has 11 atom stereocenters. The van der Waals surface area contributed by atoms with E-state index in [9.17, 15) is 40.9 Å². The minimum atomic E-state index is -1.61. The molecular formula is C31H44O12. The van der Waals surface area contributed by atoms with Crippen molar-refractivity contribution in [3.05, 3.63) is 59.7 Å². The van der Waals surface area contributed by atoms with E-state index in [-0.39, 0.29) is 18.1 Å². The molecule has 8 N–H and O–H groups in total. The van der Waals surface area contributed by atoms with Gasteiger partial charge in [-0.3, -0.25) is 0 Å². The molecule has 2 aromatic rings. The minimum Gasteiger partial charge on any atom is -0.508 e. The van der Waals surface area contributed by atoms with Crippen LogP contribution in [0.1, 0.15) is 43.7 Å². The number of benzene rings is 2. The highest BCUT2D eigenvalue weighted by atomic mass is 16.7. The van der Waals surface area contributed by atoms with Gasteiger partial charge in [0.25, 0.3) is 0 Å². The van der Waals surface area contributed by atoms with E-state index in [4.69, 9.17) is 18.9 Å². The maximum absolute atomic E-state index is 10.7. The number of phenols is 2. The number of rotatable bonds is 13. The Hall–Kier alpha value is -2.36. The Labute approximate surface area is 250 Å². The first-order chi connectivity index (χ1) is 20.5. The summed E-state index contributed by atoms with van der Waals surface area (Å²) in [7, 11) is 0. The molecule has 0 radical (unpaired) electrons. The summed E-state index contributed by atoms with van der Waals surface area (Å²) in [4.78, 5) is 0. The molecule has 2 aromatic carbocycles. The molecule has 0 bridgehead atoms. The van der Waals surface area contributed by atoms with Gasteiger partial charge < -0.3 is 59.8 Å². The van der Waals surface area contributed by atoms with Crippen LogP contribution in [0, 0.1) is 0 Å². The van der Waals surface area contributed by atoms with E-state index in [1.807, 2.05) is 24.3 Å². The second kappa shape index (κ2) is 15.6. The van der Waals surface area contributed by atoms with Crippen molar-refractivity contribution in [3.63, 3.8) is 0 Å². The first kappa shape index (κ1) is 33.5. The van der Waals surface area contributed by atoms with Gasteiger partial charge in [0.2, 0.25) is 0 Å². The number of aliphatic hydroxyl groups is 6. The maximum atomic E-state index is 10.7. The molecule has 0 aliphatic carbocycles. The van der Waals surface area contributed by atoms with Crippen LogP contribution in [-0.4, -0.2) is 115 Å². The highest BCUT2D eigenvalue weighted by Crippen LogP contribution is 2.28. The average Bonchev–Trinajstić information content (AvgIpc) is 3.00. The summed E-state index contributed by atoms with van der Waals surface area (Å²) in [6.07, 6.45) is -9.83. The molecule has 0 spiro atoms. The first-order valence-electron chi connectivity index (χ1n) is 14.8. The van der Waals surface area contributed by atoms with Crippen LogP contribution in [-0.2, 0) is 31.8 Å². The van der Waals surface area contributed by atoms with Gasteiger partial charge >= 0.3 is 0 Å². The Bertz CT molecular complexity index is 1100. The number of hydrogen-bond acceptors (Lipinski definition) is 12. The molecule has 2 aliphatic rings. The van der Waals surface area contributed by atoms with Gasteiger partial charge in [0.1, 0.15) is 54.2 Å². The molecule has 43 heavy (non-hydrogen) atoms.